The van der Waals surface area contributed by atoms with Crippen LogP contribution in [0.3, 0.4) is 0 Å². The number of thioether (sulfide) groups is 1. The lowest BCUT2D eigenvalue weighted by molar-refractivity contribution is 0.102. The van der Waals surface area contributed by atoms with E-state index in [0.29, 0.717) is 34.3 Å². The van der Waals surface area contributed by atoms with Crippen LogP contribution < -0.4 is 5.56 Å². The highest BCUT2D eigenvalue weighted by molar-refractivity contribution is 7.99. The van der Waals surface area contributed by atoms with Crippen molar-refractivity contribution in [3.05, 3.63) is 70.1 Å². The zero-order valence-corrected chi connectivity index (χ0v) is 20.4. The van der Waals surface area contributed by atoms with Gasteiger partial charge in [0.15, 0.2) is 10.9 Å². The Morgan fingerprint density at radius 1 is 1.09 bits per heavy atom. The fourth-order valence-corrected chi connectivity index (χ4v) is 5.19. The third kappa shape index (κ3) is 3.81. The molecule has 7 nitrogen and oxygen atoms in total. The summed E-state index contributed by atoms with van der Waals surface area (Å²) in [5, 5.41) is 10.9. The van der Waals surface area contributed by atoms with E-state index in [0.717, 1.165) is 29.3 Å². The van der Waals surface area contributed by atoms with Crippen LogP contribution in [-0.4, -0.2) is 35.7 Å². The smallest absolute Gasteiger partial charge is 0.262 e. The molecule has 8 heteroatoms. The molecular formula is C26H27N5O2S. The summed E-state index contributed by atoms with van der Waals surface area (Å²) >= 11 is 1.35. The first-order chi connectivity index (χ1) is 16.5. The Morgan fingerprint density at radius 2 is 1.88 bits per heavy atom. The Labute approximate surface area is 201 Å². The molecular weight excluding hydrogens is 446 g/mol. The summed E-state index contributed by atoms with van der Waals surface area (Å²) < 4.78 is 3.60. The molecule has 5 rings (SSSR count). The van der Waals surface area contributed by atoms with E-state index in [1.807, 2.05) is 40.8 Å². The molecule has 1 N–H and O–H groups in total. The normalized spacial score (nSPS) is 11.9. The Bertz CT molecular complexity index is 1580. The maximum absolute atomic E-state index is 13.2. The molecule has 34 heavy (non-hydrogen) atoms. The number of nitrogens with zero attached hydrogens (tertiary/aromatic N) is 4. The third-order valence-corrected chi connectivity index (χ3v) is 7.15. The van der Waals surface area contributed by atoms with Crippen molar-refractivity contribution in [2.45, 2.75) is 45.3 Å². The molecule has 3 heterocycles. The van der Waals surface area contributed by atoms with Crippen LogP contribution in [0.15, 0.2) is 58.6 Å². The van der Waals surface area contributed by atoms with Gasteiger partial charge in [-0.15, -0.1) is 10.2 Å². The van der Waals surface area contributed by atoms with E-state index in [4.69, 9.17) is 0 Å². The highest BCUT2D eigenvalue weighted by Crippen LogP contribution is 2.26. The number of aromatic nitrogens is 5. The van der Waals surface area contributed by atoms with Gasteiger partial charge >= 0.3 is 0 Å². The number of hydrogen-bond acceptors (Lipinski definition) is 5. The fourth-order valence-electron chi connectivity index (χ4n) is 4.37. The fraction of sp³-hybridized carbons (Fsp3) is 0.308. The molecule has 0 aliphatic heterocycles. The molecule has 174 valence electrons. The lowest BCUT2D eigenvalue weighted by Gasteiger charge is -2.12. The van der Waals surface area contributed by atoms with Crippen LogP contribution in [0, 0.1) is 5.92 Å². The van der Waals surface area contributed by atoms with E-state index < -0.39 is 0 Å². The quantitative estimate of drug-likeness (QED) is 0.250. The molecule has 0 atom stereocenters. The second-order valence-corrected chi connectivity index (χ2v) is 9.82. The van der Waals surface area contributed by atoms with Crippen molar-refractivity contribution >= 4 is 45.1 Å². The molecule has 3 aromatic heterocycles. The van der Waals surface area contributed by atoms with Crippen LogP contribution in [0.4, 0.5) is 0 Å². The van der Waals surface area contributed by atoms with Gasteiger partial charge in [0.2, 0.25) is 5.78 Å². The molecule has 0 saturated carbocycles. The highest BCUT2D eigenvalue weighted by atomic mass is 32.2. The minimum Gasteiger partial charge on any atom is -0.360 e. The molecule has 0 spiro atoms. The number of ketones is 1. The number of carbonyl (C=O) groups is 1. The number of aryl methyl sites for hydroxylation is 2. The zero-order valence-electron chi connectivity index (χ0n) is 19.5. The molecule has 0 unspecified atom stereocenters. The molecule has 0 amide bonds. The van der Waals surface area contributed by atoms with Gasteiger partial charge in [-0.25, -0.2) is 0 Å². The number of hydrogen-bond donors (Lipinski definition) is 1. The van der Waals surface area contributed by atoms with Crippen molar-refractivity contribution in [2.24, 2.45) is 5.92 Å². The van der Waals surface area contributed by atoms with Gasteiger partial charge in [0.05, 0.1) is 16.7 Å². The lowest BCUT2D eigenvalue weighted by Crippen LogP contribution is -2.24. The molecule has 0 bridgehead atoms. The van der Waals surface area contributed by atoms with E-state index in [1.54, 1.807) is 10.8 Å². The Hall–Kier alpha value is -3.39. The Morgan fingerprint density at radius 3 is 2.68 bits per heavy atom. The minimum absolute atomic E-state index is 0.0266. The van der Waals surface area contributed by atoms with E-state index in [-0.39, 0.29) is 17.1 Å². The second-order valence-electron chi connectivity index (χ2n) is 8.88. The average Bonchev–Trinajstić information content (AvgIpc) is 3.47. The van der Waals surface area contributed by atoms with Crippen molar-refractivity contribution in [1.82, 2.24) is 24.1 Å². The minimum atomic E-state index is -0.0608. The predicted octanol–water partition coefficient (Wildman–Crippen LogP) is 5.11. The summed E-state index contributed by atoms with van der Waals surface area (Å²) in [7, 11) is 0. The van der Waals surface area contributed by atoms with E-state index in [1.165, 1.54) is 17.3 Å². The van der Waals surface area contributed by atoms with Crippen molar-refractivity contribution < 1.29 is 4.79 Å². The molecule has 2 aromatic carbocycles. The van der Waals surface area contributed by atoms with Crippen LogP contribution in [0.2, 0.25) is 0 Å². The highest BCUT2D eigenvalue weighted by Gasteiger charge is 2.19. The van der Waals surface area contributed by atoms with Gasteiger partial charge in [0, 0.05) is 29.2 Å². The third-order valence-electron chi connectivity index (χ3n) is 6.22. The zero-order chi connectivity index (χ0) is 23.8. The predicted molar refractivity (Wildman–Crippen MR) is 137 cm³/mol. The van der Waals surface area contributed by atoms with Crippen molar-refractivity contribution in [2.75, 3.05) is 5.75 Å². The van der Waals surface area contributed by atoms with Gasteiger partial charge in [-0.05, 0) is 36.5 Å². The van der Waals surface area contributed by atoms with Crippen LogP contribution in [0.5, 0.6) is 0 Å². The summed E-state index contributed by atoms with van der Waals surface area (Å²) in [5.41, 5.74) is 3.59. The van der Waals surface area contributed by atoms with E-state index in [9.17, 15) is 9.59 Å². The first kappa shape index (κ1) is 22.4. The lowest BCUT2D eigenvalue weighted by atomic mass is 10.1. The molecule has 0 fully saturated rings. The average molecular weight is 474 g/mol. The number of para-hydroxylation sites is 2. The second kappa shape index (κ2) is 9.10. The number of H-pyrrole nitrogens is 1. The van der Waals surface area contributed by atoms with Crippen molar-refractivity contribution in [3.63, 3.8) is 0 Å². The van der Waals surface area contributed by atoms with Gasteiger partial charge < -0.3 is 4.98 Å². The summed E-state index contributed by atoms with van der Waals surface area (Å²) in [5.74, 6) is 1.22. The number of benzene rings is 2. The molecule has 5 aromatic rings. The topological polar surface area (TPSA) is 85.0 Å². The van der Waals surface area contributed by atoms with Crippen LogP contribution >= 0.6 is 11.8 Å². The maximum Gasteiger partial charge on any atom is 0.262 e. The van der Waals surface area contributed by atoms with Gasteiger partial charge in [-0.1, -0.05) is 62.9 Å². The number of carbonyl (C=O) groups excluding carboxylic acids is 1. The molecule has 0 radical (unpaired) electrons. The van der Waals surface area contributed by atoms with Gasteiger partial charge in [-0.3, -0.25) is 18.6 Å². The number of fused-ring (bicyclic) bond motifs is 4. The number of rotatable bonds is 8. The van der Waals surface area contributed by atoms with Crippen LogP contribution in [0.25, 0.3) is 27.6 Å². The number of nitrogens with one attached hydrogen (secondary N) is 1. The van der Waals surface area contributed by atoms with Crippen LogP contribution in [0.1, 0.15) is 43.1 Å². The summed E-state index contributed by atoms with van der Waals surface area (Å²) in [6, 6.07) is 13.6. The SMILES string of the molecule is CCc1cccc2c(C(=O)CSc3nnc4n(CCC(C)C)c(=O)c5ccccc5n34)c[nH]c12. The standard InChI is InChI=1S/C26H27N5O2S/c1-4-17-8-7-10-18-20(14-27-23(17)18)22(32)15-34-26-29-28-25-30(13-12-16(2)3)24(33)19-9-5-6-11-21(19)31(25)26/h5-11,14,16,27H,4,12-13,15H2,1-3H3. The van der Waals surface area contributed by atoms with Crippen molar-refractivity contribution in [1.29, 1.82) is 0 Å². The van der Waals surface area contributed by atoms with E-state index >= 15 is 0 Å². The van der Waals surface area contributed by atoms with Gasteiger partial charge in [0.25, 0.3) is 5.56 Å². The molecule has 0 saturated heterocycles. The molecule has 0 aliphatic carbocycles. The Balaban J connectivity index is 1.51. The molecule has 0 aliphatic rings. The largest absolute Gasteiger partial charge is 0.360 e. The van der Waals surface area contributed by atoms with E-state index in [2.05, 4.69) is 42.0 Å². The first-order valence-electron chi connectivity index (χ1n) is 11.6. The Kier molecular flexibility index (Phi) is 6.00. The van der Waals surface area contributed by atoms with Crippen molar-refractivity contribution in [3.8, 4) is 0 Å². The summed E-state index contributed by atoms with van der Waals surface area (Å²) in [4.78, 5) is 29.6. The van der Waals surface area contributed by atoms with Gasteiger partial charge in [0.1, 0.15) is 0 Å². The number of aromatic amines is 1. The van der Waals surface area contributed by atoms with Crippen LogP contribution in [-0.2, 0) is 13.0 Å². The summed E-state index contributed by atoms with van der Waals surface area (Å²) in [6.45, 7) is 6.94. The first-order valence-corrected chi connectivity index (χ1v) is 12.6. The number of Topliss-reactive ketones (excluding diaryl/α,β-unsaturated/α-hetero) is 1. The maximum atomic E-state index is 13.2. The van der Waals surface area contributed by atoms with Gasteiger partial charge in [-0.2, -0.15) is 0 Å². The summed E-state index contributed by atoms with van der Waals surface area (Å²) in [6.07, 6.45) is 3.56. The monoisotopic (exact) mass is 473 g/mol.